The number of anilines is 1. The van der Waals surface area contributed by atoms with Crippen molar-refractivity contribution >= 4 is 12.0 Å². The Hall–Kier alpha value is -1.93. The van der Waals surface area contributed by atoms with Crippen LogP contribution in [0.15, 0.2) is 18.5 Å². The molecule has 0 unspecified atom stereocenters. The number of morpholine rings is 1. The summed E-state index contributed by atoms with van der Waals surface area (Å²) in [6.45, 7) is 8.06. The summed E-state index contributed by atoms with van der Waals surface area (Å²) in [6, 6.07) is 2.07. The molecule has 2 fully saturated rings. The van der Waals surface area contributed by atoms with Gasteiger partial charge in [0.1, 0.15) is 0 Å². The number of hydrogen-bond donors (Lipinski definition) is 2. The largest absolute Gasteiger partial charge is 0.379 e. The summed E-state index contributed by atoms with van der Waals surface area (Å²) in [4.78, 5) is 25.3. The number of ether oxygens (including phenoxy) is 1. The third-order valence-corrected chi connectivity index (χ3v) is 4.68. The van der Waals surface area contributed by atoms with Crippen LogP contribution in [0.25, 0.3) is 0 Å². The summed E-state index contributed by atoms with van der Waals surface area (Å²) in [6.07, 6.45) is 5.33. The number of aromatic nitrogens is 2. The summed E-state index contributed by atoms with van der Waals surface area (Å²) in [5.74, 6) is 0.768. The van der Waals surface area contributed by atoms with E-state index in [1.165, 1.54) is 0 Å². The van der Waals surface area contributed by atoms with Crippen LogP contribution >= 0.6 is 0 Å². The molecule has 0 spiro atoms. The highest BCUT2D eigenvalue weighted by molar-refractivity contribution is 5.74. The Morgan fingerprint density at radius 2 is 1.92 bits per heavy atom. The number of urea groups is 1. The van der Waals surface area contributed by atoms with Crippen molar-refractivity contribution in [2.75, 3.05) is 50.8 Å². The van der Waals surface area contributed by atoms with Gasteiger partial charge in [-0.15, -0.1) is 0 Å². The van der Waals surface area contributed by atoms with Crippen molar-refractivity contribution in [3.8, 4) is 0 Å². The van der Waals surface area contributed by atoms with Gasteiger partial charge in [-0.1, -0.05) is 0 Å². The number of nitrogens with one attached hydrogen (secondary N) is 2. The molecule has 0 radical (unpaired) electrons. The lowest BCUT2D eigenvalue weighted by Crippen LogP contribution is -2.52. The van der Waals surface area contributed by atoms with E-state index < -0.39 is 0 Å². The van der Waals surface area contributed by atoms with Gasteiger partial charge < -0.3 is 20.3 Å². The van der Waals surface area contributed by atoms with Crippen LogP contribution in [-0.2, 0) is 4.74 Å². The van der Waals surface area contributed by atoms with Crippen LogP contribution in [-0.4, -0.2) is 78.9 Å². The fourth-order valence-corrected chi connectivity index (χ4v) is 3.35. The first kappa shape index (κ1) is 17.9. The smallest absolute Gasteiger partial charge is 0.315 e. The minimum absolute atomic E-state index is 0.0739. The Bertz CT molecular complexity index is 529. The van der Waals surface area contributed by atoms with E-state index in [9.17, 15) is 4.79 Å². The number of hydrogen-bond acceptors (Lipinski definition) is 6. The fraction of sp³-hybridized carbons (Fsp3) is 0.706. The van der Waals surface area contributed by atoms with Gasteiger partial charge in [0.05, 0.1) is 13.2 Å². The Balaban J connectivity index is 1.36. The lowest BCUT2D eigenvalue weighted by atomic mass is 10.1. The SMILES string of the molecule is C[C@H](CN1CCOCC1)NC(=O)NC1CCN(c2ncccn2)CC1. The number of carbonyl (C=O) groups is 1. The molecule has 0 aliphatic carbocycles. The van der Waals surface area contributed by atoms with E-state index in [0.29, 0.717) is 0 Å². The van der Waals surface area contributed by atoms with Crippen molar-refractivity contribution in [3.05, 3.63) is 18.5 Å². The van der Waals surface area contributed by atoms with E-state index in [1.54, 1.807) is 12.4 Å². The molecule has 2 amide bonds. The van der Waals surface area contributed by atoms with Crippen LogP contribution in [0.1, 0.15) is 19.8 Å². The van der Waals surface area contributed by atoms with Gasteiger partial charge in [-0.25, -0.2) is 14.8 Å². The van der Waals surface area contributed by atoms with E-state index >= 15 is 0 Å². The first-order chi connectivity index (χ1) is 12.2. The molecule has 3 heterocycles. The molecule has 1 aromatic rings. The Labute approximate surface area is 148 Å². The zero-order valence-corrected chi connectivity index (χ0v) is 14.9. The van der Waals surface area contributed by atoms with Crippen molar-refractivity contribution < 1.29 is 9.53 Å². The third kappa shape index (κ3) is 5.54. The molecule has 3 rings (SSSR count). The number of nitrogens with zero attached hydrogens (tertiary/aromatic N) is 4. The summed E-state index contributed by atoms with van der Waals surface area (Å²) in [5, 5.41) is 6.14. The van der Waals surface area contributed by atoms with Gasteiger partial charge in [-0.2, -0.15) is 0 Å². The van der Waals surface area contributed by atoms with Crippen LogP contribution in [0, 0.1) is 0 Å². The zero-order valence-electron chi connectivity index (χ0n) is 14.9. The molecule has 138 valence electrons. The maximum atomic E-state index is 12.2. The molecule has 2 saturated heterocycles. The molecule has 2 aliphatic rings. The van der Waals surface area contributed by atoms with Gasteiger partial charge in [0.25, 0.3) is 0 Å². The molecule has 8 nitrogen and oxygen atoms in total. The second kappa shape index (κ2) is 8.96. The number of amides is 2. The molecule has 1 aromatic heterocycles. The summed E-state index contributed by atoms with van der Waals surface area (Å²) in [7, 11) is 0. The number of piperidine rings is 1. The minimum atomic E-state index is -0.0739. The predicted octanol–water partition coefficient (Wildman–Crippen LogP) is 0.465. The second-order valence-corrected chi connectivity index (χ2v) is 6.74. The lowest BCUT2D eigenvalue weighted by Gasteiger charge is -2.33. The molecule has 1 atom stereocenters. The number of carbonyl (C=O) groups excluding carboxylic acids is 1. The van der Waals surface area contributed by atoms with Crippen LogP contribution in [0.5, 0.6) is 0 Å². The quantitative estimate of drug-likeness (QED) is 0.805. The van der Waals surface area contributed by atoms with Crippen LogP contribution in [0.3, 0.4) is 0 Å². The lowest BCUT2D eigenvalue weighted by molar-refractivity contribution is 0.0349. The molecule has 8 heteroatoms. The number of rotatable bonds is 5. The normalized spacial score (nSPS) is 20.9. The first-order valence-corrected chi connectivity index (χ1v) is 9.10. The minimum Gasteiger partial charge on any atom is -0.379 e. The van der Waals surface area contributed by atoms with E-state index in [4.69, 9.17) is 4.74 Å². The molecule has 2 aliphatic heterocycles. The van der Waals surface area contributed by atoms with E-state index in [2.05, 4.69) is 30.4 Å². The summed E-state index contributed by atoms with van der Waals surface area (Å²) >= 11 is 0. The Morgan fingerprint density at radius 1 is 1.24 bits per heavy atom. The Kier molecular flexibility index (Phi) is 6.41. The van der Waals surface area contributed by atoms with E-state index in [-0.39, 0.29) is 18.1 Å². The first-order valence-electron chi connectivity index (χ1n) is 9.10. The molecule has 25 heavy (non-hydrogen) atoms. The molecule has 2 N–H and O–H groups in total. The Morgan fingerprint density at radius 3 is 2.60 bits per heavy atom. The standard InChI is InChI=1S/C17H28N6O2/c1-14(13-22-9-11-25-12-10-22)20-17(24)21-15-3-7-23(8-4-15)16-18-5-2-6-19-16/h2,5-6,14-15H,3-4,7-13H2,1H3,(H2,20,21,24)/t14-/m1/s1. The molecule has 0 bridgehead atoms. The van der Waals surface area contributed by atoms with Gasteiger partial charge in [0.15, 0.2) is 0 Å². The van der Waals surface area contributed by atoms with Gasteiger partial charge in [-0.3, -0.25) is 4.90 Å². The van der Waals surface area contributed by atoms with Gasteiger partial charge in [-0.05, 0) is 25.8 Å². The van der Waals surface area contributed by atoms with Crippen LogP contribution in [0.4, 0.5) is 10.7 Å². The highest BCUT2D eigenvalue weighted by Crippen LogP contribution is 2.15. The molecular weight excluding hydrogens is 320 g/mol. The monoisotopic (exact) mass is 348 g/mol. The van der Waals surface area contributed by atoms with Crippen molar-refractivity contribution in [1.82, 2.24) is 25.5 Å². The van der Waals surface area contributed by atoms with Crippen molar-refractivity contribution in [3.63, 3.8) is 0 Å². The average Bonchev–Trinajstić information content (AvgIpc) is 2.63. The molecule has 0 aromatic carbocycles. The molecular formula is C17H28N6O2. The summed E-state index contributed by atoms with van der Waals surface area (Å²) in [5.41, 5.74) is 0. The van der Waals surface area contributed by atoms with E-state index in [1.807, 2.05) is 13.0 Å². The zero-order chi connectivity index (χ0) is 17.5. The van der Waals surface area contributed by atoms with Crippen molar-refractivity contribution in [2.45, 2.75) is 31.8 Å². The van der Waals surface area contributed by atoms with Crippen molar-refractivity contribution in [2.24, 2.45) is 0 Å². The predicted molar refractivity (Wildman–Crippen MR) is 95.7 cm³/mol. The fourth-order valence-electron chi connectivity index (χ4n) is 3.35. The van der Waals surface area contributed by atoms with Gasteiger partial charge in [0.2, 0.25) is 5.95 Å². The molecule has 0 saturated carbocycles. The maximum Gasteiger partial charge on any atom is 0.315 e. The van der Waals surface area contributed by atoms with E-state index in [0.717, 1.165) is 64.7 Å². The van der Waals surface area contributed by atoms with Gasteiger partial charge in [0, 0.05) is 57.2 Å². The van der Waals surface area contributed by atoms with Crippen molar-refractivity contribution in [1.29, 1.82) is 0 Å². The topological polar surface area (TPSA) is 82.6 Å². The third-order valence-electron chi connectivity index (χ3n) is 4.68. The van der Waals surface area contributed by atoms with Crippen LogP contribution < -0.4 is 15.5 Å². The summed E-state index contributed by atoms with van der Waals surface area (Å²) < 4.78 is 5.35. The highest BCUT2D eigenvalue weighted by atomic mass is 16.5. The second-order valence-electron chi connectivity index (χ2n) is 6.74. The van der Waals surface area contributed by atoms with Crippen LogP contribution in [0.2, 0.25) is 0 Å². The highest BCUT2D eigenvalue weighted by Gasteiger charge is 2.23. The maximum absolute atomic E-state index is 12.2. The average molecular weight is 348 g/mol. The van der Waals surface area contributed by atoms with Gasteiger partial charge >= 0.3 is 6.03 Å².